The van der Waals surface area contributed by atoms with Crippen LogP contribution in [0, 0.1) is 10.1 Å². The molecule has 0 amide bonds. The molecule has 0 aliphatic carbocycles. The van der Waals surface area contributed by atoms with Crippen LogP contribution >= 0.6 is 0 Å². The monoisotopic (exact) mass is 385 g/mol. The summed E-state index contributed by atoms with van der Waals surface area (Å²) in [6.07, 6.45) is 0. The van der Waals surface area contributed by atoms with Gasteiger partial charge in [0, 0.05) is 50.5 Å². The number of rotatable bonds is 6. The van der Waals surface area contributed by atoms with Crippen molar-refractivity contribution in [1.82, 2.24) is 4.90 Å². The van der Waals surface area contributed by atoms with Crippen LogP contribution in [0.2, 0.25) is 0 Å². The van der Waals surface area contributed by atoms with Crippen molar-refractivity contribution < 1.29 is 19.2 Å². The number of benzene rings is 2. The van der Waals surface area contributed by atoms with Gasteiger partial charge in [-0.2, -0.15) is 0 Å². The van der Waals surface area contributed by atoms with Crippen molar-refractivity contribution in [2.24, 2.45) is 0 Å². The third kappa shape index (κ3) is 4.40. The number of piperazine rings is 1. The van der Waals surface area contributed by atoms with Gasteiger partial charge < -0.3 is 14.4 Å². The molecule has 28 heavy (non-hydrogen) atoms. The van der Waals surface area contributed by atoms with Crippen LogP contribution in [-0.4, -0.2) is 56.2 Å². The third-order valence-corrected chi connectivity index (χ3v) is 4.87. The van der Waals surface area contributed by atoms with E-state index in [0.29, 0.717) is 11.3 Å². The Morgan fingerprint density at radius 1 is 1.07 bits per heavy atom. The minimum Gasteiger partial charge on any atom is -0.496 e. The van der Waals surface area contributed by atoms with E-state index in [1.807, 2.05) is 12.1 Å². The zero-order chi connectivity index (χ0) is 20.1. The number of anilines is 1. The molecule has 0 aromatic heterocycles. The van der Waals surface area contributed by atoms with Crippen LogP contribution in [0.25, 0.3) is 0 Å². The lowest BCUT2D eigenvalue weighted by Gasteiger charge is -2.36. The Hall–Kier alpha value is -3.13. The van der Waals surface area contributed by atoms with Gasteiger partial charge in [0.15, 0.2) is 0 Å². The van der Waals surface area contributed by atoms with Crippen molar-refractivity contribution >= 4 is 17.3 Å². The smallest absolute Gasteiger partial charge is 0.341 e. The highest BCUT2D eigenvalue weighted by molar-refractivity contribution is 5.92. The number of carbonyl (C=O) groups is 1. The minimum absolute atomic E-state index is 0.100. The minimum atomic E-state index is -0.415. The lowest BCUT2D eigenvalue weighted by Crippen LogP contribution is -2.45. The Balaban J connectivity index is 1.61. The molecule has 8 heteroatoms. The molecule has 0 atom stereocenters. The second kappa shape index (κ2) is 8.71. The molecule has 148 valence electrons. The highest BCUT2D eigenvalue weighted by Gasteiger charge is 2.19. The number of carbonyl (C=O) groups excluding carboxylic acids is 1. The second-order valence-corrected chi connectivity index (χ2v) is 6.56. The average Bonchev–Trinajstić information content (AvgIpc) is 2.73. The summed E-state index contributed by atoms with van der Waals surface area (Å²) in [5.41, 5.74) is 2.53. The molecule has 0 bridgehead atoms. The zero-order valence-corrected chi connectivity index (χ0v) is 16.0. The fourth-order valence-electron chi connectivity index (χ4n) is 3.33. The number of hydrogen-bond donors (Lipinski definition) is 0. The van der Waals surface area contributed by atoms with E-state index >= 15 is 0 Å². The van der Waals surface area contributed by atoms with Crippen molar-refractivity contribution in [3.05, 3.63) is 63.7 Å². The summed E-state index contributed by atoms with van der Waals surface area (Å²) in [6.45, 7) is 4.10. The number of hydrogen-bond acceptors (Lipinski definition) is 7. The van der Waals surface area contributed by atoms with Crippen molar-refractivity contribution in [3.8, 4) is 5.75 Å². The van der Waals surface area contributed by atoms with E-state index in [1.54, 1.807) is 18.2 Å². The maximum absolute atomic E-state index is 11.9. The number of nitro benzene ring substituents is 1. The number of nitrogens with zero attached hydrogens (tertiary/aromatic N) is 3. The third-order valence-electron chi connectivity index (χ3n) is 4.87. The largest absolute Gasteiger partial charge is 0.496 e. The molecule has 1 fully saturated rings. The van der Waals surface area contributed by atoms with Gasteiger partial charge in [0.25, 0.3) is 5.69 Å². The van der Waals surface area contributed by atoms with Gasteiger partial charge >= 0.3 is 5.97 Å². The standard InChI is InChI=1S/C20H23N3O5/c1-27-19-8-3-15(13-18(19)20(24)28-2)14-21-9-11-22(12-10-21)16-4-6-17(7-5-16)23(25)26/h3-8,13H,9-12,14H2,1-2H3. The van der Waals surface area contributed by atoms with Crippen molar-refractivity contribution in [3.63, 3.8) is 0 Å². The Morgan fingerprint density at radius 2 is 1.75 bits per heavy atom. The molecule has 2 aromatic rings. The number of methoxy groups -OCH3 is 2. The lowest BCUT2D eigenvalue weighted by molar-refractivity contribution is -0.384. The quantitative estimate of drug-likeness (QED) is 0.429. The van der Waals surface area contributed by atoms with Crippen LogP contribution in [0.4, 0.5) is 11.4 Å². The highest BCUT2D eigenvalue weighted by Crippen LogP contribution is 2.23. The number of ether oxygens (including phenoxy) is 2. The molecule has 3 rings (SSSR count). The molecule has 1 saturated heterocycles. The van der Waals surface area contributed by atoms with Gasteiger partial charge in [-0.05, 0) is 29.8 Å². The second-order valence-electron chi connectivity index (χ2n) is 6.56. The maximum atomic E-state index is 11.9. The summed E-state index contributed by atoms with van der Waals surface area (Å²) in [4.78, 5) is 26.9. The van der Waals surface area contributed by atoms with E-state index in [4.69, 9.17) is 9.47 Å². The highest BCUT2D eigenvalue weighted by atomic mass is 16.6. The fraction of sp³-hybridized carbons (Fsp3) is 0.350. The zero-order valence-electron chi connectivity index (χ0n) is 16.0. The van der Waals surface area contributed by atoms with Gasteiger partial charge in [0.2, 0.25) is 0 Å². The summed E-state index contributed by atoms with van der Waals surface area (Å²) in [5, 5.41) is 10.8. The molecule has 0 N–H and O–H groups in total. The number of non-ortho nitro benzene ring substituents is 1. The Morgan fingerprint density at radius 3 is 2.32 bits per heavy atom. The van der Waals surface area contributed by atoms with Gasteiger partial charge in [-0.3, -0.25) is 15.0 Å². The summed E-state index contributed by atoms with van der Waals surface area (Å²) in [7, 11) is 2.88. The van der Waals surface area contributed by atoms with Gasteiger partial charge in [-0.25, -0.2) is 4.79 Å². The topological polar surface area (TPSA) is 85.2 Å². The van der Waals surface area contributed by atoms with Gasteiger partial charge in [0.05, 0.1) is 19.1 Å². The van der Waals surface area contributed by atoms with E-state index in [2.05, 4.69) is 9.80 Å². The number of nitro groups is 1. The van der Waals surface area contributed by atoms with E-state index < -0.39 is 5.97 Å². The molecular weight excluding hydrogens is 362 g/mol. The predicted molar refractivity (Wildman–Crippen MR) is 105 cm³/mol. The van der Waals surface area contributed by atoms with Crippen molar-refractivity contribution in [1.29, 1.82) is 0 Å². The first-order valence-electron chi connectivity index (χ1n) is 8.99. The molecule has 1 heterocycles. The van der Waals surface area contributed by atoms with Crippen LogP contribution in [-0.2, 0) is 11.3 Å². The fourth-order valence-corrected chi connectivity index (χ4v) is 3.33. The van der Waals surface area contributed by atoms with E-state index in [0.717, 1.165) is 44.0 Å². The molecule has 2 aromatic carbocycles. The average molecular weight is 385 g/mol. The first-order chi connectivity index (χ1) is 13.5. The van der Waals surface area contributed by atoms with Crippen molar-refractivity contribution in [2.45, 2.75) is 6.54 Å². The molecule has 0 radical (unpaired) electrons. The summed E-state index contributed by atoms with van der Waals surface area (Å²) in [5.74, 6) is 0.0836. The first kappa shape index (κ1) is 19.6. The predicted octanol–water partition coefficient (Wildman–Crippen LogP) is 2.71. The van der Waals surface area contributed by atoms with Crippen LogP contribution in [0.5, 0.6) is 5.75 Å². The summed E-state index contributed by atoms with van der Waals surface area (Å²) in [6, 6.07) is 12.2. The summed E-state index contributed by atoms with van der Waals surface area (Å²) < 4.78 is 10.1. The van der Waals surface area contributed by atoms with Gasteiger partial charge in [-0.1, -0.05) is 6.07 Å². The Bertz CT molecular complexity index is 845. The van der Waals surface area contributed by atoms with Crippen LogP contribution < -0.4 is 9.64 Å². The maximum Gasteiger partial charge on any atom is 0.341 e. The number of esters is 1. The Kier molecular flexibility index (Phi) is 6.10. The molecule has 8 nitrogen and oxygen atoms in total. The van der Waals surface area contributed by atoms with Gasteiger partial charge in [-0.15, -0.1) is 0 Å². The molecular formula is C20H23N3O5. The SMILES string of the molecule is COC(=O)c1cc(CN2CCN(c3ccc([N+](=O)[O-])cc3)CC2)ccc1OC. The van der Waals surface area contributed by atoms with Crippen molar-refractivity contribution in [2.75, 3.05) is 45.3 Å². The van der Waals surface area contributed by atoms with Crippen LogP contribution in [0.1, 0.15) is 15.9 Å². The first-order valence-corrected chi connectivity index (χ1v) is 8.99. The lowest BCUT2D eigenvalue weighted by atomic mass is 10.1. The molecule has 0 unspecified atom stereocenters. The van der Waals surface area contributed by atoms with Crippen LogP contribution in [0.3, 0.4) is 0 Å². The van der Waals surface area contributed by atoms with E-state index in [9.17, 15) is 14.9 Å². The molecule has 0 spiro atoms. The summed E-state index contributed by atoms with van der Waals surface area (Å²) >= 11 is 0. The van der Waals surface area contributed by atoms with E-state index in [-0.39, 0.29) is 10.6 Å². The molecule has 0 saturated carbocycles. The molecule has 1 aliphatic rings. The molecule has 1 aliphatic heterocycles. The van der Waals surface area contributed by atoms with E-state index in [1.165, 1.54) is 26.4 Å². The van der Waals surface area contributed by atoms with Crippen LogP contribution in [0.15, 0.2) is 42.5 Å². The normalized spacial score (nSPS) is 14.6. The Labute approximate surface area is 163 Å². The van der Waals surface area contributed by atoms with Gasteiger partial charge in [0.1, 0.15) is 11.3 Å².